The van der Waals surface area contributed by atoms with Crippen molar-refractivity contribution in [3.63, 3.8) is 0 Å². The van der Waals surface area contributed by atoms with Crippen LogP contribution >= 0.6 is 23.2 Å². The summed E-state index contributed by atoms with van der Waals surface area (Å²) in [4.78, 5) is 5.29. The third kappa shape index (κ3) is 3.64. The van der Waals surface area contributed by atoms with E-state index >= 15 is 0 Å². The fourth-order valence-corrected chi connectivity index (χ4v) is 3.18. The minimum Gasteiger partial charge on any atom is -0.331 e. The molecule has 2 nitrogen and oxygen atoms in total. The number of hydrogen-bond acceptors (Lipinski definition) is 2. The Bertz CT molecular complexity index is 908. The number of pyridine rings is 1. The van der Waals surface area contributed by atoms with Crippen LogP contribution in [0.15, 0.2) is 66.8 Å². The van der Waals surface area contributed by atoms with Crippen LogP contribution < -0.4 is 0 Å². The van der Waals surface area contributed by atoms with Gasteiger partial charge >= 0.3 is 0 Å². The van der Waals surface area contributed by atoms with E-state index in [9.17, 15) is 13.2 Å². The lowest BCUT2D eigenvalue weighted by Crippen LogP contribution is -2.30. The maximum absolute atomic E-state index is 14.4. The molecule has 0 saturated heterocycles. The number of halogens is 5. The van der Waals surface area contributed by atoms with E-state index in [4.69, 9.17) is 23.2 Å². The second-order valence-electron chi connectivity index (χ2n) is 5.55. The molecule has 134 valence electrons. The van der Waals surface area contributed by atoms with Crippen LogP contribution in [-0.2, 0) is 0 Å². The molecule has 0 bridgehead atoms. The highest BCUT2D eigenvalue weighted by atomic mass is 35.5. The molecule has 0 aliphatic carbocycles. The minimum atomic E-state index is -2.71. The Morgan fingerprint density at radius 3 is 2.46 bits per heavy atom. The monoisotopic (exact) mass is 396 g/mol. The average Bonchev–Trinajstić information content (AvgIpc) is 2.60. The van der Waals surface area contributed by atoms with Gasteiger partial charge in [0.15, 0.2) is 0 Å². The summed E-state index contributed by atoms with van der Waals surface area (Å²) in [6.45, 7) is 2.86. The molecular formula is C19H13Cl2F3N2. The van der Waals surface area contributed by atoms with Gasteiger partial charge in [-0.3, -0.25) is 4.98 Å². The van der Waals surface area contributed by atoms with Gasteiger partial charge in [0.25, 0.3) is 6.43 Å². The molecule has 0 saturated carbocycles. The molecule has 1 aliphatic heterocycles. The van der Waals surface area contributed by atoms with E-state index in [1.165, 1.54) is 18.3 Å². The summed E-state index contributed by atoms with van der Waals surface area (Å²) in [5, 5.41) is 0.473. The van der Waals surface area contributed by atoms with E-state index < -0.39 is 18.8 Å². The third-order valence-corrected chi connectivity index (χ3v) is 4.33. The Hall–Kier alpha value is -2.24. The molecule has 2 aromatic rings. The zero-order chi connectivity index (χ0) is 18.8. The van der Waals surface area contributed by atoms with E-state index in [1.807, 2.05) is 0 Å². The van der Waals surface area contributed by atoms with Crippen molar-refractivity contribution in [3.8, 4) is 0 Å². The number of aromatic nitrogens is 1. The average molecular weight is 397 g/mol. The number of nitrogens with zero attached hydrogens (tertiary/aromatic N) is 2. The van der Waals surface area contributed by atoms with Crippen molar-refractivity contribution in [1.82, 2.24) is 9.88 Å². The predicted octanol–water partition coefficient (Wildman–Crippen LogP) is 6.20. The summed E-state index contributed by atoms with van der Waals surface area (Å²) in [6.07, 6.45) is -0.103. The van der Waals surface area contributed by atoms with Crippen LogP contribution in [0.3, 0.4) is 0 Å². The quantitative estimate of drug-likeness (QED) is 0.610. The Labute approximate surface area is 158 Å². The van der Waals surface area contributed by atoms with Gasteiger partial charge in [0.1, 0.15) is 11.5 Å². The van der Waals surface area contributed by atoms with Crippen molar-refractivity contribution < 1.29 is 13.2 Å². The first kappa shape index (κ1) is 18.5. The Morgan fingerprint density at radius 2 is 1.85 bits per heavy atom. The van der Waals surface area contributed by atoms with E-state index in [2.05, 4.69) is 11.6 Å². The van der Waals surface area contributed by atoms with Crippen molar-refractivity contribution in [3.05, 3.63) is 88.1 Å². The van der Waals surface area contributed by atoms with Crippen LogP contribution in [-0.4, -0.2) is 22.9 Å². The Morgan fingerprint density at radius 1 is 1.15 bits per heavy atom. The number of allylic oxidation sites excluding steroid dienone is 3. The summed E-state index contributed by atoms with van der Waals surface area (Å²) in [7, 11) is 0. The predicted molar refractivity (Wildman–Crippen MR) is 98.6 cm³/mol. The fourth-order valence-electron chi connectivity index (χ4n) is 2.71. The molecule has 1 aromatic heterocycles. The van der Waals surface area contributed by atoms with Crippen molar-refractivity contribution in [2.75, 3.05) is 6.54 Å². The van der Waals surface area contributed by atoms with Gasteiger partial charge in [0.2, 0.25) is 0 Å². The van der Waals surface area contributed by atoms with E-state index in [1.54, 1.807) is 30.3 Å². The van der Waals surface area contributed by atoms with Gasteiger partial charge in [0.05, 0.1) is 28.0 Å². The van der Waals surface area contributed by atoms with E-state index in [0.29, 0.717) is 16.2 Å². The van der Waals surface area contributed by atoms with Crippen LogP contribution in [0, 0.1) is 0 Å². The number of benzene rings is 1. The fraction of sp³-hybridized carbons (Fsp3) is 0.105. The normalized spacial score (nSPS) is 14.9. The van der Waals surface area contributed by atoms with Crippen molar-refractivity contribution in [1.29, 1.82) is 0 Å². The topological polar surface area (TPSA) is 16.1 Å². The molecule has 1 aliphatic rings. The summed E-state index contributed by atoms with van der Waals surface area (Å²) >= 11 is 12.2. The van der Waals surface area contributed by atoms with Crippen molar-refractivity contribution in [2.45, 2.75) is 6.43 Å². The maximum Gasteiger partial charge on any atom is 0.256 e. The lowest BCUT2D eigenvalue weighted by Gasteiger charge is -2.33. The lowest BCUT2D eigenvalue weighted by atomic mass is 9.96. The molecule has 7 heteroatoms. The SMILES string of the molecule is C=C1C(F)=CC(c2ccccc2)=C(c2ncc(Cl)cc2Cl)N1CC(F)F. The second-order valence-corrected chi connectivity index (χ2v) is 6.40. The third-order valence-electron chi connectivity index (χ3n) is 3.84. The van der Waals surface area contributed by atoms with Crippen LogP contribution in [0.5, 0.6) is 0 Å². The number of hydrogen-bond donors (Lipinski definition) is 0. The highest BCUT2D eigenvalue weighted by Gasteiger charge is 2.30. The summed E-state index contributed by atoms with van der Waals surface area (Å²) in [6, 6.07) is 10.3. The van der Waals surface area contributed by atoms with E-state index in [-0.39, 0.29) is 22.1 Å². The molecule has 2 heterocycles. The van der Waals surface area contributed by atoms with Crippen molar-refractivity contribution >= 4 is 34.5 Å². The molecule has 0 amide bonds. The zero-order valence-corrected chi connectivity index (χ0v) is 14.9. The molecule has 3 rings (SSSR count). The Kier molecular flexibility index (Phi) is 5.39. The summed E-state index contributed by atoms with van der Waals surface area (Å²) < 4.78 is 40.8. The molecule has 26 heavy (non-hydrogen) atoms. The Balaban J connectivity index is 2.31. The number of alkyl halides is 2. The highest BCUT2D eigenvalue weighted by molar-refractivity contribution is 6.35. The number of rotatable bonds is 4. The van der Waals surface area contributed by atoms with Crippen LogP contribution in [0.1, 0.15) is 11.3 Å². The maximum atomic E-state index is 14.4. The smallest absolute Gasteiger partial charge is 0.256 e. The van der Waals surface area contributed by atoms with Gasteiger partial charge < -0.3 is 4.90 Å². The molecule has 1 aromatic carbocycles. The molecular weight excluding hydrogens is 384 g/mol. The van der Waals surface area contributed by atoms with Crippen LogP contribution in [0.25, 0.3) is 11.3 Å². The zero-order valence-electron chi connectivity index (χ0n) is 13.4. The van der Waals surface area contributed by atoms with Gasteiger partial charge in [-0.05, 0) is 17.7 Å². The summed E-state index contributed by atoms with van der Waals surface area (Å²) in [5.74, 6) is -0.696. The molecule has 0 spiro atoms. The molecule has 0 atom stereocenters. The molecule has 0 fully saturated rings. The first-order valence-corrected chi connectivity index (χ1v) is 8.37. The second kappa shape index (κ2) is 7.56. The molecule has 0 N–H and O–H groups in total. The largest absolute Gasteiger partial charge is 0.331 e. The van der Waals surface area contributed by atoms with Gasteiger partial charge in [-0.2, -0.15) is 0 Å². The van der Waals surface area contributed by atoms with Gasteiger partial charge in [0, 0.05) is 11.8 Å². The molecule has 0 radical (unpaired) electrons. The van der Waals surface area contributed by atoms with Gasteiger partial charge in [-0.1, -0.05) is 60.1 Å². The first-order valence-electron chi connectivity index (χ1n) is 7.61. The van der Waals surface area contributed by atoms with Crippen LogP contribution in [0.2, 0.25) is 10.0 Å². The van der Waals surface area contributed by atoms with E-state index in [0.717, 1.165) is 4.90 Å². The van der Waals surface area contributed by atoms with Crippen LogP contribution in [0.4, 0.5) is 13.2 Å². The van der Waals surface area contributed by atoms with Gasteiger partial charge in [-0.25, -0.2) is 13.2 Å². The first-order chi connectivity index (χ1) is 12.4. The highest BCUT2D eigenvalue weighted by Crippen LogP contribution is 2.41. The minimum absolute atomic E-state index is 0.170. The van der Waals surface area contributed by atoms with Crippen molar-refractivity contribution in [2.24, 2.45) is 0 Å². The molecule has 0 unspecified atom stereocenters. The lowest BCUT2D eigenvalue weighted by molar-refractivity contribution is 0.122. The van der Waals surface area contributed by atoms with Gasteiger partial charge in [-0.15, -0.1) is 0 Å². The summed E-state index contributed by atoms with van der Waals surface area (Å²) in [5.41, 5.74) is 1.32. The standard InChI is InChI=1S/C19H13Cl2F3N2/c1-11-16(22)8-14(12-5-3-2-4-6-12)19(26(11)10-17(23)24)18-15(21)7-13(20)9-25-18/h2-9,17H,1,10H2.